The van der Waals surface area contributed by atoms with Gasteiger partial charge in [0.05, 0.1) is 10.5 Å². The Labute approximate surface area is 177 Å². The number of hydrogen-bond donors (Lipinski definition) is 1. The van der Waals surface area contributed by atoms with Crippen LogP contribution in [0.1, 0.15) is 21.5 Å². The van der Waals surface area contributed by atoms with Crippen LogP contribution in [0.4, 0.5) is 11.4 Å². The van der Waals surface area contributed by atoms with Crippen molar-refractivity contribution < 1.29 is 14.1 Å². The van der Waals surface area contributed by atoms with Crippen molar-refractivity contribution in [1.82, 2.24) is 0 Å². The van der Waals surface area contributed by atoms with Gasteiger partial charge in [-0.2, -0.15) is 0 Å². The molecule has 0 spiro atoms. The van der Waals surface area contributed by atoms with Crippen molar-refractivity contribution in [3.8, 4) is 11.1 Å². The molecule has 0 saturated heterocycles. The average Bonchev–Trinajstić information content (AvgIpc) is 2.73. The molecule has 1 amide bonds. The minimum absolute atomic E-state index is 0.0361. The van der Waals surface area contributed by atoms with Crippen LogP contribution in [-0.2, 0) is 0 Å². The third kappa shape index (κ3) is 3.93. The number of rotatable bonds is 4. The van der Waals surface area contributed by atoms with Crippen molar-refractivity contribution >= 4 is 28.3 Å². The molecule has 4 aromatic rings. The summed E-state index contributed by atoms with van der Waals surface area (Å²) in [6, 6.07) is 18.5. The van der Waals surface area contributed by atoms with E-state index in [9.17, 15) is 19.7 Å². The van der Waals surface area contributed by atoms with Crippen LogP contribution in [0.2, 0.25) is 0 Å². The molecule has 0 radical (unpaired) electrons. The molecule has 0 unspecified atom stereocenters. The highest BCUT2D eigenvalue weighted by atomic mass is 16.6. The SMILES string of the molecule is Cc1cc(NC(=O)c2ccc([N+](=O)[O-])c(C)c2)ccc1-c1cc2ccccc2oc1=O. The molecule has 0 atom stereocenters. The van der Waals surface area contributed by atoms with Gasteiger partial charge in [-0.05, 0) is 61.4 Å². The maximum atomic E-state index is 12.6. The smallest absolute Gasteiger partial charge is 0.344 e. The van der Waals surface area contributed by atoms with Gasteiger partial charge in [-0.3, -0.25) is 14.9 Å². The number of nitro groups is 1. The van der Waals surface area contributed by atoms with Gasteiger partial charge >= 0.3 is 5.63 Å². The Kier molecular flexibility index (Phi) is 5.09. The van der Waals surface area contributed by atoms with Gasteiger partial charge < -0.3 is 9.73 Å². The highest BCUT2D eigenvalue weighted by Crippen LogP contribution is 2.27. The number of nitrogens with zero attached hydrogens (tertiary/aromatic N) is 1. The normalized spacial score (nSPS) is 10.8. The molecule has 1 heterocycles. The fraction of sp³-hybridized carbons (Fsp3) is 0.0833. The lowest BCUT2D eigenvalue weighted by atomic mass is 10.0. The molecule has 3 aromatic carbocycles. The first-order chi connectivity index (χ1) is 14.8. The van der Waals surface area contributed by atoms with E-state index in [1.165, 1.54) is 18.2 Å². The molecule has 4 rings (SSSR count). The summed E-state index contributed by atoms with van der Waals surface area (Å²) in [5.41, 5.74) is 3.28. The molecule has 1 N–H and O–H groups in total. The zero-order valence-corrected chi connectivity index (χ0v) is 16.8. The highest BCUT2D eigenvalue weighted by Gasteiger charge is 2.15. The summed E-state index contributed by atoms with van der Waals surface area (Å²) in [6.07, 6.45) is 0. The topological polar surface area (TPSA) is 102 Å². The lowest BCUT2D eigenvalue weighted by Crippen LogP contribution is -2.12. The molecule has 154 valence electrons. The van der Waals surface area contributed by atoms with Crippen LogP contribution in [0.15, 0.2) is 75.9 Å². The van der Waals surface area contributed by atoms with Gasteiger partial charge in [0.1, 0.15) is 5.58 Å². The van der Waals surface area contributed by atoms with Gasteiger partial charge in [-0.25, -0.2) is 4.79 Å². The zero-order valence-electron chi connectivity index (χ0n) is 16.8. The second-order valence-corrected chi connectivity index (χ2v) is 7.23. The van der Waals surface area contributed by atoms with Crippen LogP contribution in [0.5, 0.6) is 0 Å². The minimum Gasteiger partial charge on any atom is -0.422 e. The van der Waals surface area contributed by atoms with E-state index in [-0.39, 0.29) is 11.6 Å². The van der Waals surface area contributed by atoms with Crippen LogP contribution in [0.3, 0.4) is 0 Å². The fourth-order valence-electron chi connectivity index (χ4n) is 3.50. The molecule has 1 aromatic heterocycles. The van der Waals surface area contributed by atoms with E-state index >= 15 is 0 Å². The van der Waals surface area contributed by atoms with Gasteiger partial charge in [-0.1, -0.05) is 24.3 Å². The third-order valence-electron chi connectivity index (χ3n) is 5.07. The molecule has 0 saturated carbocycles. The predicted molar refractivity (Wildman–Crippen MR) is 118 cm³/mol. The Bertz CT molecular complexity index is 1410. The van der Waals surface area contributed by atoms with Gasteiger partial charge in [0.2, 0.25) is 0 Å². The van der Waals surface area contributed by atoms with Crippen LogP contribution in [-0.4, -0.2) is 10.8 Å². The second kappa shape index (κ2) is 7.87. The number of nitro benzene ring substituents is 1. The second-order valence-electron chi connectivity index (χ2n) is 7.23. The maximum absolute atomic E-state index is 12.6. The van der Waals surface area contributed by atoms with Crippen LogP contribution >= 0.6 is 0 Å². The Morgan fingerprint density at radius 1 is 0.935 bits per heavy atom. The Morgan fingerprint density at radius 2 is 1.71 bits per heavy atom. The molecular formula is C24H18N2O5. The standard InChI is InChI=1S/C24H18N2O5/c1-14-12-18(25-23(27)17-7-10-21(26(29)30)15(2)11-17)8-9-19(14)20-13-16-5-3-4-6-22(16)31-24(20)28/h3-13H,1-2H3,(H,25,27). The molecule has 0 bridgehead atoms. The number of carbonyl (C=O) groups excluding carboxylic acids is 1. The molecule has 0 aliphatic rings. The molecule has 0 aliphatic carbocycles. The van der Waals surface area contributed by atoms with Crippen molar-refractivity contribution in [2.45, 2.75) is 13.8 Å². The van der Waals surface area contributed by atoms with Gasteiger partial charge in [0.15, 0.2) is 0 Å². The molecule has 7 heteroatoms. The lowest BCUT2D eigenvalue weighted by Gasteiger charge is -2.10. The number of aryl methyl sites for hydroxylation is 2. The number of amides is 1. The van der Waals surface area contributed by atoms with Crippen molar-refractivity contribution in [1.29, 1.82) is 0 Å². The van der Waals surface area contributed by atoms with E-state index in [2.05, 4.69) is 5.32 Å². The third-order valence-corrected chi connectivity index (χ3v) is 5.07. The van der Waals surface area contributed by atoms with Crippen LogP contribution in [0, 0.1) is 24.0 Å². The van der Waals surface area contributed by atoms with Crippen molar-refractivity contribution in [3.05, 3.63) is 104 Å². The summed E-state index contributed by atoms with van der Waals surface area (Å²) < 4.78 is 5.42. The quantitative estimate of drug-likeness (QED) is 0.280. The average molecular weight is 414 g/mol. The zero-order chi connectivity index (χ0) is 22.1. The summed E-state index contributed by atoms with van der Waals surface area (Å²) in [4.78, 5) is 35.5. The monoisotopic (exact) mass is 414 g/mol. The van der Waals surface area contributed by atoms with Crippen molar-refractivity contribution in [2.75, 3.05) is 5.32 Å². The summed E-state index contributed by atoms with van der Waals surface area (Å²) >= 11 is 0. The maximum Gasteiger partial charge on any atom is 0.344 e. The van der Waals surface area contributed by atoms with Gasteiger partial charge in [-0.15, -0.1) is 0 Å². The number of carbonyl (C=O) groups is 1. The van der Waals surface area contributed by atoms with E-state index in [0.29, 0.717) is 33.5 Å². The summed E-state index contributed by atoms with van der Waals surface area (Å²) in [7, 11) is 0. The summed E-state index contributed by atoms with van der Waals surface area (Å²) in [6.45, 7) is 3.43. The molecule has 0 aliphatic heterocycles. The summed E-state index contributed by atoms with van der Waals surface area (Å²) in [5.74, 6) is -0.379. The number of nitrogens with one attached hydrogen (secondary N) is 1. The van der Waals surface area contributed by atoms with E-state index in [0.717, 1.165) is 10.9 Å². The van der Waals surface area contributed by atoms with Crippen molar-refractivity contribution in [3.63, 3.8) is 0 Å². The number of fused-ring (bicyclic) bond motifs is 1. The van der Waals surface area contributed by atoms with E-state index in [1.54, 1.807) is 43.3 Å². The molecule has 0 fully saturated rings. The van der Waals surface area contributed by atoms with E-state index < -0.39 is 10.5 Å². The number of para-hydroxylation sites is 1. The molecule has 7 nitrogen and oxygen atoms in total. The van der Waals surface area contributed by atoms with Gasteiger partial charge in [0.25, 0.3) is 11.6 Å². The summed E-state index contributed by atoms with van der Waals surface area (Å²) in [5, 5.41) is 14.6. The van der Waals surface area contributed by atoms with E-state index in [4.69, 9.17) is 4.42 Å². The number of hydrogen-bond acceptors (Lipinski definition) is 5. The van der Waals surface area contributed by atoms with Gasteiger partial charge in [0, 0.05) is 28.3 Å². The van der Waals surface area contributed by atoms with Crippen molar-refractivity contribution in [2.24, 2.45) is 0 Å². The number of anilines is 1. The lowest BCUT2D eigenvalue weighted by molar-refractivity contribution is -0.385. The first kappa shape index (κ1) is 20.0. The molecular weight excluding hydrogens is 396 g/mol. The van der Waals surface area contributed by atoms with Crippen LogP contribution in [0.25, 0.3) is 22.1 Å². The Balaban J connectivity index is 1.62. The Hall–Kier alpha value is -4.26. The molecule has 31 heavy (non-hydrogen) atoms. The largest absolute Gasteiger partial charge is 0.422 e. The highest BCUT2D eigenvalue weighted by molar-refractivity contribution is 6.04. The first-order valence-corrected chi connectivity index (χ1v) is 9.54. The number of benzene rings is 3. The first-order valence-electron chi connectivity index (χ1n) is 9.54. The van der Waals surface area contributed by atoms with E-state index in [1.807, 2.05) is 19.1 Å². The Morgan fingerprint density at radius 3 is 2.42 bits per heavy atom. The fourth-order valence-corrected chi connectivity index (χ4v) is 3.50. The predicted octanol–water partition coefficient (Wildman–Crippen LogP) is 5.24. The van der Waals surface area contributed by atoms with Crippen LogP contribution < -0.4 is 10.9 Å². The minimum atomic E-state index is -0.484.